The minimum atomic E-state index is -0.995. The molecule has 10 nitrogen and oxygen atoms in total. The van der Waals surface area contributed by atoms with Crippen LogP contribution in [0, 0.1) is 0 Å². The molecule has 0 spiro atoms. The number of carbonyl (C=O) groups is 2. The lowest BCUT2D eigenvalue weighted by Gasteiger charge is -2.08. The van der Waals surface area contributed by atoms with Gasteiger partial charge in [0.05, 0.1) is 72.7 Å². The zero-order valence-corrected chi connectivity index (χ0v) is 21.0. The van der Waals surface area contributed by atoms with Crippen molar-refractivity contribution in [3.63, 3.8) is 0 Å². The maximum atomic E-state index is 11.6. The number of carboxylic acids is 1. The van der Waals surface area contributed by atoms with Crippen molar-refractivity contribution in [1.29, 1.82) is 0 Å². The first-order chi connectivity index (χ1) is 16.7. The summed E-state index contributed by atoms with van der Waals surface area (Å²) in [5, 5.41) is 8.39. The Balaban J connectivity index is 3.12. The van der Waals surface area contributed by atoms with Crippen LogP contribution >= 0.6 is 0 Å². The lowest BCUT2D eigenvalue weighted by Crippen LogP contribution is -2.15. The first-order valence-electron chi connectivity index (χ1n) is 12.5. The molecule has 0 atom stereocenters. The molecule has 202 valence electrons. The Labute approximate surface area is 204 Å². The van der Waals surface area contributed by atoms with Crippen LogP contribution in [0.4, 0.5) is 0 Å². The average molecular weight is 495 g/mol. The van der Waals surface area contributed by atoms with Gasteiger partial charge in [-0.05, 0) is 6.42 Å². The third-order valence-electron chi connectivity index (χ3n) is 4.56. The summed E-state index contributed by atoms with van der Waals surface area (Å²) in [7, 11) is 0. The predicted molar refractivity (Wildman–Crippen MR) is 126 cm³/mol. The Hall–Kier alpha value is -1.30. The Morgan fingerprint density at radius 2 is 0.912 bits per heavy atom. The summed E-state index contributed by atoms with van der Waals surface area (Å²) in [4.78, 5) is 21.9. The van der Waals surface area contributed by atoms with Crippen LogP contribution in [-0.2, 0) is 42.7 Å². The number of hydrogen-bond acceptors (Lipinski definition) is 9. The molecule has 0 aromatic carbocycles. The Morgan fingerprint density at radius 1 is 0.529 bits per heavy atom. The number of hydrogen-bond donors (Lipinski definition) is 1. The molecule has 0 saturated heterocycles. The van der Waals surface area contributed by atoms with Gasteiger partial charge in [-0.25, -0.2) is 4.79 Å². The molecule has 0 unspecified atom stereocenters. The molecule has 0 rings (SSSR count). The second-order valence-corrected chi connectivity index (χ2v) is 7.60. The minimum Gasteiger partial charge on any atom is -0.480 e. The molecule has 0 aliphatic heterocycles. The number of carbonyl (C=O) groups excluding carboxylic acids is 1. The number of unbranched alkanes of at least 4 members (excludes halogenated alkanes) is 6. The zero-order valence-electron chi connectivity index (χ0n) is 21.0. The van der Waals surface area contributed by atoms with Crippen molar-refractivity contribution in [2.75, 3.05) is 85.9 Å². The van der Waals surface area contributed by atoms with Gasteiger partial charge < -0.3 is 38.3 Å². The van der Waals surface area contributed by atoms with Crippen LogP contribution in [0.1, 0.15) is 58.3 Å². The van der Waals surface area contributed by atoms with Gasteiger partial charge in [-0.2, -0.15) is 0 Å². The molecule has 0 aliphatic carbocycles. The summed E-state index contributed by atoms with van der Waals surface area (Å²) < 4.78 is 36.7. The number of aliphatic carboxylic acids is 1. The molecular weight excluding hydrogens is 448 g/mol. The number of ether oxygens (including phenoxy) is 7. The quantitative estimate of drug-likeness (QED) is 0.128. The Kier molecular flexibility index (Phi) is 26.9. The van der Waals surface area contributed by atoms with E-state index in [2.05, 4.69) is 6.92 Å². The number of esters is 1. The second-order valence-electron chi connectivity index (χ2n) is 7.60. The van der Waals surface area contributed by atoms with Gasteiger partial charge in [0.2, 0.25) is 0 Å². The molecule has 0 heterocycles. The van der Waals surface area contributed by atoms with Crippen LogP contribution in [0.3, 0.4) is 0 Å². The van der Waals surface area contributed by atoms with E-state index in [0.29, 0.717) is 72.5 Å². The number of carboxylic acid groups (broad SMARTS) is 1. The van der Waals surface area contributed by atoms with Crippen molar-refractivity contribution in [3.05, 3.63) is 0 Å². The molecule has 0 radical (unpaired) electrons. The maximum Gasteiger partial charge on any atom is 0.329 e. The first kappa shape index (κ1) is 32.7. The highest BCUT2D eigenvalue weighted by atomic mass is 16.6. The van der Waals surface area contributed by atoms with Gasteiger partial charge >= 0.3 is 11.9 Å². The lowest BCUT2D eigenvalue weighted by molar-refractivity contribution is -0.145. The van der Waals surface area contributed by atoms with E-state index in [1.165, 1.54) is 32.1 Å². The summed E-state index contributed by atoms with van der Waals surface area (Å²) in [6.45, 7) is 6.73. The molecule has 0 aliphatic rings. The molecule has 0 aromatic heterocycles. The lowest BCUT2D eigenvalue weighted by atomic mass is 10.1. The Morgan fingerprint density at radius 3 is 1.35 bits per heavy atom. The predicted octanol–water partition coefficient (Wildman–Crippen LogP) is 2.85. The van der Waals surface area contributed by atoms with Crippen LogP contribution in [0.15, 0.2) is 0 Å². The van der Waals surface area contributed by atoms with Crippen molar-refractivity contribution in [2.24, 2.45) is 0 Å². The van der Waals surface area contributed by atoms with Gasteiger partial charge in [0.15, 0.2) is 0 Å². The highest BCUT2D eigenvalue weighted by Gasteiger charge is 2.02. The summed E-state index contributed by atoms with van der Waals surface area (Å²) in [5.41, 5.74) is 0. The fraction of sp³-hybridized carbons (Fsp3) is 0.917. The third-order valence-corrected chi connectivity index (χ3v) is 4.56. The monoisotopic (exact) mass is 494 g/mol. The van der Waals surface area contributed by atoms with Crippen LogP contribution in [0.2, 0.25) is 0 Å². The van der Waals surface area contributed by atoms with Gasteiger partial charge in [-0.1, -0.05) is 45.4 Å². The van der Waals surface area contributed by atoms with Gasteiger partial charge in [0.1, 0.15) is 13.2 Å². The van der Waals surface area contributed by atoms with Crippen molar-refractivity contribution in [3.8, 4) is 0 Å². The fourth-order valence-electron chi connectivity index (χ4n) is 2.77. The minimum absolute atomic E-state index is 0.148. The molecule has 0 aromatic rings. The van der Waals surface area contributed by atoms with E-state index in [1.807, 2.05) is 0 Å². The van der Waals surface area contributed by atoms with Crippen molar-refractivity contribution >= 4 is 11.9 Å². The van der Waals surface area contributed by atoms with Gasteiger partial charge in [-0.3, -0.25) is 4.79 Å². The van der Waals surface area contributed by atoms with E-state index in [-0.39, 0.29) is 25.8 Å². The van der Waals surface area contributed by atoms with E-state index >= 15 is 0 Å². The SMILES string of the molecule is CCCCCCCCCC(=O)OCCOCCOCCOCCOCCOCCOCC(=O)O. The topological polar surface area (TPSA) is 119 Å². The highest BCUT2D eigenvalue weighted by Crippen LogP contribution is 2.08. The second kappa shape index (κ2) is 27.9. The first-order valence-corrected chi connectivity index (χ1v) is 12.5. The molecule has 0 saturated carbocycles. The average Bonchev–Trinajstić information content (AvgIpc) is 2.82. The van der Waals surface area contributed by atoms with Gasteiger partial charge in [0.25, 0.3) is 0 Å². The van der Waals surface area contributed by atoms with Crippen LogP contribution in [-0.4, -0.2) is 103 Å². The van der Waals surface area contributed by atoms with Crippen LogP contribution < -0.4 is 0 Å². The van der Waals surface area contributed by atoms with E-state index in [0.717, 1.165) is 12.8 Å². The van der Waals surface area contributed by atoms with Crippen LogP contribution in [0.5, 0.6) is 0 Å². The van der Waals surface area contributed by atoms with Crippen molar-refractivity contribution in [2.45, 2.75) is 58.3 Å². The van der Waals surface area contributed by atoms with E-state index in [9.17, 15) is 9.59 Å². The largest absolute Gasteiger partial charge is 0.480 e. The van der Waals surface area contributed by atoms with E-state index < -0.39 is 5.97 Å². The maximum absolute atomic E-state index is 11.6. The molecular formula is C24H46O10. The van der Waals surface area contributed by atoms with Crippen molar-refractivity contribution in [1.82, 2.24) is 0 Å². The summed E-state index contributed by atoms with van der Waals surface area (Å²) >= 11 is 0. The van der Waals surface area contributed by atoms with Gasteiger partial charge in [0, 0.05) is 6.42 Å². The van der Waals surface area contributed by atoms with E-state index in [1.54, 1.807) is 0 Å². The standard InChI is InChI=1S/C24H46O10/c1-2-3-4-5-6-7-8-9-24(27)34-21-20-32-17-16-30-13-12-28-10-11-29-14-15-31-18-19-33-22-23(25)26/h2-22H2,1H3,(H,25,26). The molecule has 0 fully saturated rings. The summed E-state index contributed by atoms with van der Waals surface area (Å²) in [6.07, 6.45) is 8.77. The van der Waals surface area contributed by atoms with Gasteiger partial charge in [-0.15, -0.1) is 0 Å². The van der Waals surface area contributed by atoms with Crippen LogP contribution in [0.25, 0.3) is 0 Å². The highest BCUT2D eigenvalue weighted by molar-refractivity contribution is 5.69. The molecule has 0 amide bonds. The molecule has 10 heteroatoms. The normalized spacial score (nSPS) is 11.1. The van der Waals surface area contributed by atoms with Crippen molar-refractivity contribution < 1.29 is 47.9 Å². The molecule has 1 N–H and O–H groups in total. The molecule has 34 heavy (non-hydrogen) atoms. The smallest absolute Gasteiger partial charge is 0.329 e. The summed E-state index contributed by atoms with van der Waals surface area (Å²) in [6, 6.07) is 0. The van der Waals surface area contributed by atoms with E-state index in [4.69, 9.17) is 38.3 Å². The zero-order chi connectivity index (χ0) is 25.0. The number of rotatable bonds is 28. The molecule has 0 bridgehead atoms. The third kappa shape index (κ3) is 28.7. The fourth-order valence-corrected chi connectivity index (χ4v) is 2.77. The Bertz CT molecular complexity index is 447. The summed E-state index contributed by atoms with van der Waals surface area (Å²) in [5.74, 6) is -1.14.